The van der Waals surface area contributed by atoms with E-state index in [0.717, 1.165) is 25.7 Å². The van der Waals surface area contributed by atoms with Gasteiger partial charge in [0.25, 0.3) is 0 Å². The molecule has 134 valence electrons. The highest BCUT2D eigenvalue weighted by molar-refractivity contribution is 8.21. The zero-order valence-corrected chi connectivity index (χ0v) is 16.3. The van der Waals surface area contributed by atoms with E-state index in [1.54, 1.807) is 0 Å². The summed E-state index contributed by atoms with van der Waals surface area (Å²) in [6, 6.07) is 10.6. The molecule has 5 heteroatoms. The lowest BCUT2D eigenvalue weighted by Crippen LogP contribution is -2.55. The van der Waals surface area contributed by atoms with Crippen molar-refractivity contribution in [1.82, 2.24) is 4.90 Å². The number of thioether (sulfide) groups is 2. The van der Waals surface area contributed by atoms with E-state index in [2.05, 4.69) is 36.1 Å². The van der Waals surface area contributed by atoms with E-state index in [9.17, 15) is 4.79 Å². The molecule has 1 amide bonds. The number of fused-ring (bicyclic) bond motifs is 4. The number of carbonyl (C=O) groups excluding carboxylic acids is 1. The van der Waals surface area contributed by atoms with Crippen molar-refractivity contribution in [2.75, 3.05) is 18.1 Å². The average molecular weight is 376 g/mol. The standard InChI is InChI=1S/C20H25NO2S2/c1-2-3-9-19-15-12-20(24-10-11-25-20)17(15)18(22)21(19)16(13-23-19)14-7-5-4-6-8-14/h4-8,15-17H,2-3,9-13H2,1H3/t15-,16-,17+,19-/m1/s1. The molecule has 1 aromatic rings. The second-order valence-corrected chi connectivity index (χ2v) is 10.8. The normalized spacial score (nSPS) is 38.0. The molecule has 1 aliphatic carbocycles. The molecule has 4 fully saturated rings. The van der Waals surface area contributed by atoms with Gasteiger partial charge in [-0.25, -0.2) is 0 Å². The minimum Gasteiger partial charge on any atom is -0.353 e. The number of hydrogen-bond donors (Lipinski definition) is 0. The third kappa shape index (κ3) is 2.15. The van der Waals surface area contributed by atoms with Crippen molar-refractivity contribution < 1.29 is 9.53 Å². The highest BCUT2D eigenvalue weighted by atomic mass is 32.2. The first kappa shape index (κ1) is 16.5. The highest BCUT2D eigenvalue weighted by Crippen LogP contribution is 2.71. The van der Waals surface area contributed by atoms with E-state index in [0.29, 0.717) is 18.4 Å². The minimum atomic E-state index is -0.340. The molecule has 1 aromatic carbocycles. The minimum absolute atomic E-state index is 0.0876. The van der Waals surface area contributed by atoms with Crippen molar-refractivity contribution in [1.29, 1.82) is 0 Å². The molecule has 1 spiro atoms. The number of rotatable bonds is 4. The number of amides is 1. The van der Waals surface area contributed by atoms with Crippen LogP contribution in [-0.2, 0) is 9.53 Å². The van der Waals surface area contributed by atoms with Gasteiger partial charge in [0.05, 0.1) is 22.6 Å². The zero-order valence-electron chi connectivity index (χ0n) is 14.6. The van der Waals surface area contributed by atoms with Crippen molar-refractivity contribution >= 4 is 29.4 Å². The summed E-state index contributed by atoms with van der Waals surface area (Å²) in [4.78, 5) is 15.8. The Morgan fingerprint density at radius 3 is 2.72 bits per heavy atom. The van der Waals surface area contributed by atoms with E-state index in [-0.39, 0.29) is 21.8 Å². The summed E-state index contributed by atoms with van der Waals surface area (Å²) in [6.45, 7) is 2.87. The van der Waals surface area contributed by atoms with Crippen LogP contribution in [0.3, 0.4) is 0 Å². The van der Waals surface area contributed by atoms with Gasteiger partial charge in [-0.3, -0.25) is 4.79 Å². The number of hydrogen-bond acceptors (Lipinski definition) is 4. The van der Waals surface area contributed by atoms with E-state index in [4.69, 9.17) is 4.74 Å². The Morgan fingerprint density at radius 2 is 2.00 bits per heavy atom. The van der Waals surface area contributed by atoms with Crippen molar-refractivity contribution in [3.63, 3.8) is 0 Å². The summed E-state index contributed by atoms with van der Waals surface area (Å²) in [5, 5.41) is 0. The summed E-state index contributed by atoms with van der Waals surface area (Å²) in [5.74, 6) is 3.28. The Hall–Kier alpha value is -0.650. The molecule has 1 saturated carbocycles. The van der Waals surface area contributed by atoms with Gasteiger partial charge in [0, 0.05) is 17.4 Å². The SMILES string of the molecule is CCCC[C@]12OC[C@H](c3ccccc3)N1C(=O)[C@@H]1[C@H]2CC12SCCS2. The molecule has 3 nitrogen and oxygen atoms in total. The van der Waals surface area contributed by atoms with Gasteiger partial charge in [-0.1, -0.05) is 43.7 Å². The van der Waals surface area contributed by atoms with E-state index in [1.165, 1.54) is 17.1 Å². The molecule has 25 heavy (non-hydrogen) atoms. The first-order valence-electron chi connectivity index (χ1n) is 9.52. The van der Waals surface area contributed by atoms with Gasteiger partial charge >= 0.3 is 0 Å². The van der Waals surface area contributed by atoms with E-state index in [1.807, 2.05) is 29.6 Å². The molecular formula is C20H25NO2S2. The van der Waals surface area contributed by atoms with Crippen LogP contribution in [-0.4, -0.2) is 38.7 Å². The van der Waals surface area contributed by atoms with Crippen LogP contribution < -0.4 is 0 Å². The summed E-state index contributed by atoms with van der Waals surface area (Å²) in [5.41, 5.74) is 0.879. The number of unbranched alkanes of at least 4 members (excludes halogenated alkanes) is 1. The molecule has 5 rings (SSSR count). The van der Waals surface area contributed by atoms with Gasteiger partial charge in [-0.2, -0.15) is 0 Å². The lowest BCUT2D eigenvalue weighted by atomic mass is 9.69. The van der Waals surface area contributed by atoms with Crippen molar-refractivity contribution in [3.8, 4) is 0 Å². The fourth-order valence-electron chi connectivity index (χ4n) is 5.38. The molecule has 0 N–H and O–H groups in total. The third-order valence-corrected chi connectivity index (χ3v) is 10.1. The second kappa shape index (κ2) is 5.93. The van der Waals surface area contributed by atoms with Crippen molar-refractivity contribution in [2.24, 2.45) is 11.8 Å². The zero-order chi connectivity index (χ0) is 17.1. The Labute approximate surface area is 158 Å². The Balaban J connectivity index is 1.53. The second-order valence-electron chi connectivity index (χ2n) is 7.69. The number of nitrogens with zero attached hydrogens (tertiary/aromatic N) is 1. The topological polar surface area (TPSA) is 29.5 Å². The Morgan fingerprint density at radius 1 is 1.24 bits per heavy atom. The van der Waals surface area contributed by atoms with Crippen LogP contribution in [0.25, 0.3) is 0 Å². The summed E-state index contributed by atoms with van der Waals surface area (Å²) >= 11 is 4.06. The predicted octanol–water partition coefficient (Wildman–Crippen LogP) is 4.30. The molecule has 0 bridgehead atoms. The van der Waals surface area contributed by atoms with Crippen LogP contribution in [0.2, 0.25) is 0 Å². The van der Waals surface area contributed by atoms with Gasteiger partial charge in [0.2, 0.25) is 5.91 Å². The fraction of sp³-hybridized carbons (Fsp3) is 0.650. The maximum absolute atomic E-state index is 13.6. The van der Waals surface area contributed by atoms with Crippen LogP contribution in [0.15, 0.2) is 30.3 Å². The predicted molar refractivity (Wildman–Crippen MR) is 103 cm³/mol. The number of ether oxygens (including phenoxy) is 1. The average Bonchev–Trinajstić information content (AvgIpc) is 3.29. The van der Waals surface area contributed by atoms with Crippen LogP contribution in [0.4, 0.5) is 0 Å². The van der Waals surface area contributed by atoms with Gasteiger partial charge in [0.15, 0.2) is 0 Å². The van der Waals surface area contributed by atoms with Gasteiger partial charge in [0.1, 0.15) is 5.72 Å². The highest BCUT2D eigenvalue weighted by Gasteiger charge is 2.75. The summed E-state index contributed by atoms with van der Waals surface area (Å²) in [7, 11) is 0. The quantitative estimate of drug-likeness (QED) is 0.785. The van der Waals surface area contributed by atoms with Gasteiger partial charge < -0.3 is 9.64 Å². The lowest BCUT2D eigenvalue weighted by molar-refractivity contribution is -0.142. The molecule has 4 aliphatic rings. The molecule has 3 saturated heterocycles. The molecule has 3 aliphatic heterocycles. The summed E-state index contributed by atoms with van der Waals surface area (Å²) < 4.78 is 6.68. The monoisotopic (exact) mass is 375 g/mol. The molecule has 4 atom stereocenters. The van der Waals surface area contributed by atoms with Crippen LogP contribution in [0.1, 0.15) is 44.2 Å². The first-order valence-corrected chi connectivity index (χ1v) is 11.5. The molecule has 3 heterocycles. The number of benzene rings is 1. The molecule has 0 aromatic heterocycles. The molecular weight excluding hydrogens is 350 g/mol. The van der Waals surface area contributed by atoms with Gasteiger partial charge in [-0.15, -0.1) is 23.5 Å². The molecule has 0 radical (unpaired) electrons. The maximum Gasteiger partial charge on any atom is 0.231 e. The van der Waals surface area contributed by atoms with E-state index >= 15 is 0 Å². The number of carbonyl (C=O) groups is 1. The van der Waals surface area contributed by atoms with Gasteiger partial charge in [-0.05, 0) is 24.8 Å². The van der Waals surface area contributed by atoms with Crippen molar-refractivity contribution in [3.05, 3.63) is 35.9 Å². The lowest BCUT2D eigenvalue weighted by Gasteiger charge is -2.51. The first-order chi connectivity index (χ1) is 12.2. The largest absolute Gasteiger partial charge is 0.353 e. The maximum atomic E-state index is 13.6. The van der Waals surface area contributed by atoms with E-state index < -0.39 is 0 Å². The van der Waals surface area contributed by atoms with Crippen LogP contribution >= 0.6 is 23.5 Å². The summed E-state index contributed by atoms with van der Waals surface area (Å²) in [6.07, 6.45) is 4.41. The molecule has 0 unspecified atom stereocenters. The third-order valence-electron chi connectivity index (χ3n) is 6.52. The Kier molecular flexibility index (Phi) is 3.92. The fourth-order valence-corrected chi connectivity index (χ4v) is 9.06. The van der Waals surface area contributed by atoms with Crippen LogP contribution in [0, 0.1) is 11.8 Å². The smallest absolute Gasteiger partial charge is 0.231 e. The van der Waals surface area contributed by atoms with Crippen molar-refractivity contribution in [2.45, 2.75) is 48.5 Å². The van der Waals surface area contributed by atoms with Crippen LogP contribution in [0.5, 0.6) is 0 Å². The Bertz CT molecular complexity index is 676.